The summed E-state index contributed by atoms with van der Waals surface area (Å²) >= 11 is 0. The molecule has 1 heterocycles. The van der Waals surface area contributed by atoms with E-state index < -0.39 is 0 Å². The molecule has 1 N–H and O–H groups in total. The molecule has 0 saturated heterocycles. The van der Waals surface area contributed by atoms with Gasteiger partial charge in [-0.1, -0.05) is 17.7 Å². The van der Waals surface area contributed by atoms with Crippen molar-refractivity contribution in [2.45, 2.75) is 40.3 Å². The van der Waals surface area contributed by atoms with Crippen molar-refractivity contribution in [2.24, 2.45) is 0 Å². The Morgan fingerprint density at radius 1 is 1.11 bits per heavy atom. The van der Waals surface area contributed by atoms with E-state index in [0.29, 0.717) is 6.04 Å². The topological polar surface area (TPSA) is 29.9 Å². The molecule has 0 radical (unpaired) electrons. The predicted octanol–water partition coefficient (Wildman–Crippen LogP) is 3.08. The summed E-state index contributed by atoms with van der Waals surface area (Å²) in [6.45, 7) is 9.45. The van der Waals surface area contributed by atoms with Gasteiger partial charge in [-0.3, -0.25) is 4.68 Å². The van der Waals surface area contributed by atoms with E-state index in [0.717, 1.165) is 6.54 Å². The largest absolute Gasteiger partial charge is 0.311 e. The smallest absolute Gasteiger partial charge is 0.0604 e. The molecule has 3 heteroatoms. The molecule has 1 atom stereocenters. The molecule has 19 heavy (non-hydrogen) atoms. The molecule has 0 fully saturated rings. The van der Waals surface area contributed by atoms with E-state index >= 15 is 0 Å². The first-order valence-electron chi connectivity index (χ1n) is 6.75. The summed E-state index contributed by atoms with van der Waals surface area (Å²) in [6, 6.07) is 4.79. The molecule has 2 rings (SSSR count). The molecule has 2 aromatic rings. The maximum Gasteiger partial charge on any atom is 0.0604 e. The highest BCUT2D eigenvalue weighted by molar-refractivity contribution is 5.39. The monoisotopic (exact) mass is 257 g/mol. The molecule has 0 aliphatic heterocycles. The number of nitrogens with one attached hydrogen (secondary N) is 1. The van der Waals surface area contributed by atoms with E-state index in [9.17, 15) is 0 Å². The van der Waals surface area contributed by atoms with E-state index in [1.807, 2.05) is 17.9 Å². The molecular weight excluding hydrogens is 234 g/mol. The van der Waals surface area contributed by atoms with Crippen molar-refractivity contribution in [3.63, 3.8) is 0 Å². The van der Waals surface area contributed by atoms with Crippen molar-refractivity contribution < 1.29 is 0 Å². The van der Waals surface area contributed by atoms with Crippen molar-refractivity contribution in [3.8, 4) is 0 Å². The first-order valence-corrected chi connectivity index (χ1v) is 6.75. The first kappa shape index (κ1) is 13.8. The molecule has 3 nitrogen and oxygen atoms in total. The molecule has 0 amide bonds. The van der Waals surface area contributed by atoms with Gasteiger partial charge in [-0.25, -0.2) is 0 Å². The summed E-state index contributed by atoms with van der Waals surface area (Å²) in [5.41, 5.74) is 6.61. The Bertz CT molecular complexity index is 546. The van der Waals surface area contributed by atoms with Gasteiger partial charge in [-0.05, 0) is 57.0 Å². The van der Waals surface area contributed by atoms with Crippen LogP contribution in [-0.4, -0.2) is 16.8 Å². The van der Waals surface area contributed by atoms with Crippen LogP contribution in [-0.2, 0) is 6.54 Å². The fourth-order valence-electron chi connectivity index (χ4n) is 2.82. The van der Waals surface area contributed by atoms with Crippen LogP contribution in [0.5, 0.6) is 0 Å². The second-order valence-corrected chi connectivity index (χ2v) is 5.39. The lowest BCUT2D eigenvalue weighted by atomic mass is 9.94. The maximum absolute atomic E-state index is 4.38. The van der Waals surface area contributed by atoms with Gasteiger partial charge in [0.15, 0.2) is 0 Å². The molecule has 0 spiro atoms. The molecule has 0 aliphatic rings. The highest BCUT2D eigenvalue weighted by Crippen LogP contribution is 2.24. The Morgan fingerprint density at radius 3 is 2.21 bits per heavy atom. The molecule has 1 aromatic carbocycles. The van der Waals surface area contributed by atoms with Crippen LogP contribution in [0.25, 0.3) is 0 Å². The van der Waals surface area contributed by atoms with Crippen LogP contribution in [0.2, 0.25) is 0 Å². The quantitative estimate of drug-likeness (QED) is 0.912. The summed E-state index contributed by atoms with van der Waals surface area (Å²) in [6.07, 6.45) is 3.99. The van der Waals surface area contributed by atoms with Crippen LogP contribution >= 0.6 is 0 Å². The molecule has 1 unspecified atom stereocenters. The zero-order chi connectivity index (χ0) is 14.0. The van der Waals surface area contributed by atoms with Crippen LogP contribution in [0.15, 0.2) is 24.5 Å². The van der Waals surface area contributed by atoms with Crippen molar-refractivity contribution in [3.05, 3.63) is 52.3 Å². The minimum atomic E-state index is 0.292. The number of likely N-dealkylation sites (N-methyl/N-ethyl adjacent to an activating group) is 1. The summed E-state index contributed by atoms with van der Waals surface area (Å²) in [5.74, 6) is 0. The Labute approximate surface area is 115 Å². The second-order valence-electron chi connectivity index (χ2n) is 5.39. The van der Waals surface area contributed by atoms with E-state index in [1.165, 1.54) is 27.8 Å². The number of rotatable bonds is 4. The molecule has 0 aliphatic carbocycles. The third kappa shape index (κ3) is 3.04. The van der Waals surface area contributed by atoms with Gasteiger partial charge < -0.3 is 5.32 Å². The lowest BCUT2D eigenvalue weighted by Gasteiger charge is -2.22. The number of nitrogens with zero attached hydrogens (tertiary/aromatic N) is 2. The normalized spacial score (nSPS) is 12.7. The average molecular weight is 257 g/mol. The van der Waals surface area contributed by atoms with Gasteiger partial charge >= 0.3 is 0 Å². The number of hydrogen-bond acceptors (Lipinski definition) is 2. The summed E-state index contributed by atoms with van der Waals surface area (Å²) < 4.78 is 2.01. The van der Waals surface area contributed by atoms with E-state index in [4.69, 9.17) is 0 Å². The Balaban J connectivity index is 2.32. The fourth-order valence-corrected chi connectivity index (χ4v) is 2.82. The Kier molecular flexibility index (Phi) is 4.05. The van der Waals surface area contributed by atoms with Crippen molar-refractivity contribution >= 4 is 0 Å². The van der Waals surface area contributed by atoms with E-state index in [1.54, 1.807) is 0 Å². The molecule has 0 saturated carbocycles. The van der Waals surface area contributed by atoms with Crippen molar-refractivity contribution in [2.75, 3.05) is 7.05 Å². The summed E-state index contributed by atoms with van der Waals surface area (Å²) in [7, 11) is 2.01. The number of benzene rings is 1. The summed E-state index contributed by atoms with van der Waals surface area (Å²) in [4.78, 5) is 0. The minimum absolute atomic E-state index is 0.292. The van der Waals surface area contributed by atoms with Gasteiger partial charge in [0, 0.05) is 6.20 Å². The molecule has 0 bridgehead atoms. The second kappa shape index (κ2) is 5.57. The highest BCUT2D eigenvalue weighted by atomic mass is 15.3. The third-order valence-electron chi connectivity index (χ3n) is 3.57. The standard InChI is InChI=1S/C16H23N3/c1-11-6-13(3)16(14(4)7-11)15(17-5)10-19-9-12(2)8-18-19/h6-9,15,17H,10H2,1-5H3. The molecule has 102 valence electrons. The summed E-state index contributed by atoms with van der Waals surface area (Å²) in [5, 5.41) is 7.80. The minimum Gasteiger partial charge on any atom is -0.311 e. The van der Waals surface area contributed by atoms with Crippen molar-refractivity contribution in [1.82, 2.24) is 15.1 Å². The van der Waals surface area contributed by atoms with Gasteiger partial charge in [-0.15, -0.1) is 0 Å². The van der Waals surface area contributed by atoms with Gasteiger partial charge in [0.25, 0.3) is 0 Å². The van der Waals surface area contributed by atoms with Crippen LogP contribution in [0.4, 0.5) is 0 Å². The van der Waals surface area contributed by atoms with Crippen LogP contribution in [0, 0.1) is 27.7 Å². The lowest BCUT2D eigenvalue weighted by Crippen LogP contribution is -2.24. The Morgan fingerprint density at radius 2 is 1.74 bits per heavy atom. The van der Waals surface area contributed by atoms with Crippen LogP contribution < -0.4 is 5.32 Å². The van der Waals surface area contributed by atoms with Crippen LogP contribution in [0.1, 0.15) is 33.9 Å². The third-order valence-corrected chi connectivity index (χ3v) is 3.57. The zero-order valence-electron chi connectivity index (χ0n) is 12.5. The predicted molar refractivity (Wildman–Crippen MR) is 79.4 cm³/mol. The van der Waals surface area contributed by atoms with Crippen molar-refractivity contribution in [1.29, 1.82) is 0 Å². The lowest BCUT2D eigenvalue weighted by molar-refractivity contribution is 0.465. The maximum atomic E-state index is 4.38. The number of hydrogen-bond donors (Lipinski definition) is 1. The van der Waals surface area contributed by atoms with Gasteiger partial charge in [-0.2, -0.15) is 5.10 Å². The van der Waals surface area contributed by atoms with Crippen LogP contribution in [0.3, 0.4) is 0 Å². The highest BCUT2D eigenvalue weighted by Gasteiger charge is 2.15. The van der Waals surface area contributed by atoms with E-state index in [2.05, 4.69) is 56.4 Å². The number of aryl methyl sites for hydroxylation is 4. The SMILES string of the molecule is CNC(Cn1cc(C)cn1)c1c(C)cc(C)cc1C. The van der Waals surface area contributed by atoms with Gasteiger partial charge in [0.1, 0.15) is 0 Å². The zero-order valence-corrected chi connectivity index (χ0v) is 12.5. The molecule has 1 aromatic heterocycles. The molecular formula is C16H23N3. The average Bonchev–Trinajstić information content (AvgIpc) is 2.72. The van der Waals surface area contributed by atoms with Gasteiger partial charge in [0.05, 0.1) is 18.8 Å². The van der Waals surface area contributed by atoms with Gasteiger partial charge in [0.2, 0.25) is 0 Å². The van der Waals surface area contributed by atoms with E-state index in [-0.39, 0.29) is 0 Å². The number of aromatic nitrogens is 2. The first-order chi connectivity index (χ1) is 9.01. The Hall–Kier alpha value is -1.61. The fraction of sp³-hybridized carbons (Fsp3) is 0.438.